The second-order valence-electron chi connectivity index (χ2n) is 1.96. The number of urea groups is 1. The largest absolute Gasteiger partial charge is 0.352 e. The van der Waals surface area contributed by atoms with Crippen molar-refractivity contribution in [2.24, 2.45) is 11.7 Å². The molecule has 12 heavy (non-hydrogen) atoms. The van der Waals surface area contributed by atoms with Gasteiger partial charge in [0.2, 0.25) is 0 Å². The molecule has 0 aromatic rings. The number of nitriles is 1. The van der Waals surface area contributed by atoms with E-state index in [-0.39, 0.29) is 12.6 Å². The summed E-state index contributed by atoms with van der Waals surface area (Å²) in [6.45, 7) is 0. The quantitative estimate of drug-likeness (QED) is 0.501. The molecule has 0 aliphatic carbocycles. The van der Waals surface area contributed by atoms with Crippen LogP contribution in [-0.4, -0.2) is 24.6 Å². The number of carbonyl (C=O) groups excluding carboxylic acids is 3. The van der Waals surface area contributed by atoms with Crippen molar-refractivity contribution in [3.63, 3.8) is 0 Å². The lowest BCUT2D eigenvalue weighted by atomic mass is 10.1. The van der Waals surface area contributed by atoms with Crippen LogP contribution in [0.4, 0.5) is 4.79 Å². The molecule has 0 saturated carbocycles. The molecular weight excluding hydrogens is 162 g/mol. The number of nitrogens with zero attached hydrogens (tertiary/aromatic N) is 1. The second kappa shape index (κ2) is 4.85. The van der Waals surface area contributed by atoms with E-state index < -0.39 is 18.0 Å². The molecule has 0 aromatic carbocycles. The summed E-state index contributed by atoms with van der Waals surface area (Å²) in [6, 6.07) is -0.573. The van der Waals surface area contributed by atoms with Crippen LogP contribution in [0.15, 0.2) is 0 Å². The minimum atomic E-state index is -1.19. The third kappa shape index (κ3) is 2.79. The number of hydrogen-bond donors (Lipinski definition) is 2. The van der Waals surface area contributed by atoms with Gasteiger partial charge in [-0.2, -0.15) is 5.26 Å². The molecule has 64 valence electrons. The Hall–Kier alpha value is -1.90. The Morgan fingerprint density at radius 1 is 1.50 bits per heavy atom. The van der Waals surface area contributed by atoms with E-state index in [0.29, 0.717) is 0 Å². The molecular formula is C6H7N3O3. The zero-order valence-electron chi connectivity index (χ0n) is 6.06. The van der Waals surface area contributed by atoms with Crippen LogP contribution in [0.1, 0.15) is 0 Å². The van der Waals surface area contributed by atoms with Gasteiger partial charge >= 0.3 is 6.03 Å². The summed E-state index contributed by atoms with van der Waals surface area (Å²) in [4.78, 5) is 30.6. The van der Waals surface area contributed by atoms with Crippen molar-refractivity contribution in [2.75, 3.05) is 0 Å². The van der Waals surface area contributed by atoms with Gasteiger partial charge in [-0.05, 0) is 0 Å². The van der Waals surface area contributed by atoms with Crippen LogP contribution in [0.25, 0.3) is 0 Å². The normalized spacial score (nSPS) is 13.6. The lowest BCUT2D eigenvalue weighted by Gasteiger charge is -2.10. The van der Waals surface area contributed by atoms with Gasteiger partial charge in [0.15, 0.2) is 0 Å². The lowest BCUT2D eigenvalue weighted by molar-refractivity contribution is -0.115. The third-order valence-electron chi connectivity index (χ3n) is 1.14. The molecule has 2 unspecified atom stereocenters. The van der Waals surface area contributed by atoms with E-state index in [1.54, 1.807) is 0 Å². The van der Waals surface area contributed by atoms with Crippen LogP contribution in [0.5, 0.6) is 0 Å². The highest BCUT2D eigenvalue weighted by molar-refractivity contribution is 5.79. The molecule has 2 atom stereocenters. The first-order valence-electron chi connectivity index (χ1n) is 3.02. The summed E-state index contributed by atoms with van der Waals surface area (Å²) in [5.41, 5.74) is 4.68. The van der Waals surface area contributed by atoms with Crippen LogP contribution >= 0.6 is 0 Å². The van der Waals surface area contributed by atoms with E-state index in [0.717, 1.165) is 0 Å². The van der Waals surface area contributed by atoms with Gasteiger partial charge in [-0.25, -0.2) is 4.79 Å². The topological polar surface area (TPSA) is 113 Å². The predicted molar refractivity (Wildman–Crippen MR) is 37.7 cm³/mol. The number of amides is 2. The van der Waals surface area contributed by atoms with Gasteiger partial charge in [-0.1, -0.05) is 0 Å². The highest BCUT2D eigenvalue weighted by atomic mass is 16.2. The Labute approximate surface area is 68.3 Å². The van der Waals surface area contributed by atoms with Gasteiger partial charge in [0.25, 0.3) is 0 Å². The van der Waals surface area contributed by atoms with Crippen molar-refractivity contribution in [3.05, 3.63) is 0 Å². The van der Waals surface area contributed by atoms with Gasteiger partial charge in [0.05, 0.1) is 6.07 Å². The molecule has 0 bridgehead atoms. The Morgan fingerprint density at radius 2 is 2.08 bits per heavy atom. The highest BCUT2D eigenvalue weighted by Gasteiger charge is 2.20. The highest BCUT2D eigenvalue weighted by Crippen LogP contribution is 1.95. The molecule has 0 aromatic heterocycles. The maximum Gasteiger partial charge on any atom is 0.312 e. The molecule has 0 aliphatic rings. The number of carbonyl (C=O) groups is 3. The molecule has 6 nitrogen and oxygen atoms in total. The van der Waals surface area contributed by atoms with Crippen molar-refractivity contribution in [1.82, 2.24) is 5.32 Å². The van der Waals surface area contributed by atoms with E-state index in [2.05, 4.69) is 5.73 Å². The van der Waals surface area contributed by atoms with E-state index >= 15 is 0 Å². The summed E-state index contributed by atoms with van der Waals surface area (Å²) in [5.74, 6) is -1.19. The van der Waals surface area contributed by atoms with Crippen molar-refractivity contribution in [2.45, 2.75) is 6.04 Å². The first kappa shape index (κ1) is 10.1. The monoisotopic (exact) mass is 169 g/mol. The second-order valence-corrected chi connectivity index (χ2v) is 1.96. The van der Waals surface area contributed by atoms with Gasteiger partial charge in [0, 0.05) is 0 Å². The van der Waals surface area contributed by atoms with E-state index in [1.807, 2.05) is 5.32 Å². The zero-order chi connectivity index (χ0) is 9.56. The average Bonchev–Trinajstić information content (AvgIpc) is 2.04. The van der Waals surface area contributed by atoms with Gasteiger partial charge in [-0.3, -0.25) is 0 Å². The predicted octanol–water partition coefficient (Wildman–Crippen LogP) is -1.44. The molecule has 6 heteroatoms. The SMILES string of the molecule is N#CC(C=O)C(C=O)NC(N)=O. The fraction of sp³-hybridized carbons (Fsp3) is 0.333. The smallest absolute Gasteiger partial charge is 0.312 e. The molecule has 0 heterocycles. The maximum atomic E-state index is 10.2. The van der Waals surface area contributed by atoms with Gasteiger partial charge in [0.1, 0.15) is 24.5 Å². The maximum absolute atomic E-state index is 10.2. The van der Waals surface area contributed by atoms with Crippen LogP contribution in [0, 0.1) is 17.2 Å². The van der Waals surface area contributed by atoms with Crippen molar-refractivity contribution >= 4 is 18.6 Å². The molecule has 0 rings (SSSR count). The number of rotatable bonds is 4. The summed E-state index contributed by atoms with van der Waals surface area (Å²) < 4.78 is 0. The van der Waals surface area contributed by atoms with Crippen LogP contribution in [-0.2, 0) is 9.59 Å². The fourth-order valence-corrected chi connectivity index (χ4v) is 0.568. The van der Waals surface area contributed by atoms with Crippen molar-refractivity contribution < 1.29 is 14.4 Å². The van der Waals surface area contributed by atoms with Gasteiger partial charge in [-0.15, -0.1) is 0 Å². The summed E-state index contributed by atoms with van der Waals surface area (Å²) in [6.07, 6.45) is 0.558. The standard InChI is InChI=1S/C6H7N3O3/c7-1-4(2-10)5(3-11)9-6(8)12/h2-5H,(H3,8,9,12). The molecule has 0 radical (unpaired) electrons. The van der Waals surface area contributed by atoms with Crippen LogP contribution < -0.4 is 11.1 Å². The Balaban J connectivity index is 4.33. The molecule has 3 N–H and O–H groups in total. The third-order valence-corrected chi connectivity index (χ3v) is 1.14. The Morgan fingerprint density at radius 3 is 2.33 bits per heavy atom. The van der Waals surface area contributed by atoms with Crippen molar-refractivity contribution in [3.8, 4) is 6.07 Å². The first-order chi connectivity index (χ1) is 5.65. The summed E-state index contributed by atoms with van der Waals surface area (Å²) in [7, 11) is 0. The van der Waals surface area contributed by atoms with Crippen molar-refractivity contribution in [1.29, 1.82) is 5.26 Å². The molecule has 0 aliphatic heterocycles. The summed E-state index contributed by atoms with van der Waals surface area (Å²) in [5, 5.41) is 10.3. The van der Waals surface area contributed by atoms with E-state index in [4.69, 9.17) is 5.26 Å². The molecule has 0 fully saturated rings. The molecule has 0 saturated heterocycles. The molecule has 2 amide bonds. The number of aldehydes is 2. The lowest BCUT2D eigenvalue weighted by Crippen LogP contribution is -2.44. The Kier molecular flexibility index (Phi) is 4.08. The minimum absolute atomic E-state index is 0.273. The number of hydrogen-bond acceptors (Lipinski definition) is 4. The number of nitrogens with one attached hydrogen (secondary N) is 1. The summed E-state index contributed by atoms with van der Waals surface area (Å²) >= 11 is 0. The molecule has 0 spiro atoms. The number of primary amides is 1. The van der Waals surface area contributed by atoms with Gasteiger partial charge < -0.3 is 20.6 Å². The fourth-order valence-electron chi connectivity index (χ4n) is 0.568. The Bertz CT molecular complexity index is 233. The first-order valence-corrected chi connectivity index (χ1v) is 3.02. The number of nitrogens with two attached hydrogens (primary N) is 1. The van der Waals surface area contributed by atoms with E-state index in [9.17, 15) is 14.4 Å². The van der Waals surface area contributed by atoms with Crippen LogP contribution in [0.3, 0.4) is 0 Å². The van der Waals surface area contributed by atoms with Crippen LogP contribution in [0.2, 0.25) is 0 Å². The zero-order valence-corrected chi connectivity index (χ0v) is 6.06. The average molecular weight is 169 g/mol. The van der Waals surface area contributed by atoms with E-state index in [1.165, 1.54) is 6.07 Å². The minimum Gasteiger partial charge on any atom is -0.352 e.